The summed E-state index contributed by atoms with van der Waals surface area (Å²) in [5.41, 5.74) is 8.16. The van der Waals surface area contributed by atoms with Crippen molar-refractivity contribution in [3.05, 3.63) is 21.7 Å². The highest BCUT2D eigenvalue weighted by molar-refractivity contribution is 9.10. The van der Waals surface area contributed by atoms with Crippen molar-refractivity contribution >= 4 is 15.9 Å². The van der Waals surface area contributed by atoms with Gasteiger partial charge in [0.25, 0.3) is 0 Å². The minimum absolute atomic E-state index is 0.317. The summed E-state index contributed by atoms with van der Waals surface area (Å²) < 4.78 is 11.9. The molecule has 1 aromatic rings. The smallest absolute Gasteiger partial charge is 0.231 e. The number of fused-ring (bicyclic) bond motifs is 1. The Hall–Kier alpha value is -0.740. The Morgan fingerprint density at radius 2 is 2.25 bits per heavy atom. The maximum absolute atomic E-state index is 5.55. The van der Waals surface area contributed by atoms with E-state index >= 15 is 0 Å². The summed E-state index contributed by atoms with van der Waals surface area (Å²) in [5, 5.41) is 0. The third kappa shape index (κ3) is 2.04. The van der Waals surface area contributed by atoms with E-state index in [4.69, 9.17) is 15.2 Å². The van der Waals surface area contributed by atoms with Gasteiger partial charge in [-0.1, -0.05) is 6.92 Å². The molecule has 3 nitrogen and oxygen atoms in total. The lowest BCUT2D eigenvalue weighted by molar-refractivity contribution is 0.173. The predicted octanol–water partition coefficient (Wildman–Crippen LogP) is 2.63. The van der Waals surface area contributed by atoms with Gasteiger partial charge >= 0.3 is 0 Å². The number of halogens is 1. The van der Waals surface area contributed by atoms with E-state index in [0.29, 0.717) is 6.79 Å². The SMILES string of the molecule is CCc1c(CCCN)cc2c(c1Br)OCO2. The number of benzene rings is 1. The molecule has 16 heavy (non-hydrogen) atoms. The van der Waals surface area contributed by atoms with E-state index in [2.05, 4.69) is 28.9 Å². The van der Waals surface area contributed by atoms with Crippen LogP contribution in [0.4, 0.5) is 0 Å². The molecule has 1 heterocycles. The Balaban J connectivity index is 2.39. The number of nitrogens with two attached hydrogens (primary N) is 1. The zero-order valence-corrected chi connectivity index (χ0v) is 11.0. The van der Waals surface area contributed by atoms with Crippen LogP contribution in [0.15, 0.2) is 10.5 Å². The highest BCUT2D eigenvalue weighted by Gasteiger charge is 2.21. The van der Waals surface area contributed by atoms with Crippen LogP contribution in [0.25, 0.3) is 0 Å². The van der Waals surface area contributed by atoms with Crippen LogP contribution in [0.1, 0.15) is 24.5 Å². The van der Waals surface area contributed by atoms with Gasteiger partial charge in [0.15, 0.2) is 11.5 Å². The predicted molar refractivity (Wildman–Crippen MR) is 67.0 cm³/mol. The standard InChI is InChI=1S/C12H16BrNO2/c1-2-9-8(4-3-5-14)6-10-12(11(9)13)16-7-15-10/h6H,2-5,7,14H2,1H3. The summed E-state index contributed by atoms with van der Waals surface area (Å²) in [6.07, 6.45) is 2.98. The van der Waals surface area contributed by atoms with Crippen LogP contribution in [0.5, 0.6) is 11.5 Å². The molecule has 0 aliphatic carbocycles. The molecule has 88 valence electrons. The molecule has 2 rings (SSSR count). The highest BCUT2D eigenvalue weighted by Crippen LogP contribution is 2.43. The van der Waals surface area contributed by atoms with E-state index in [9.17, 15) is 0 Å². The maximum atomic E-state index is 5.55. The second-order valence-electron chi connectivity index (χ2n) is 3.81. The molecule has 0 amide bonds. The Labute approximate surface area is 104 Å². The Morgan fingerprint density at radius 3 is 2.94 bits per heavy atom. The molecule has 0 radical (unpaired) electrons. The van der Waals surface area contributed by atoms with Gasteiger partial charge in [-0.3, -0.25) is 0 Å². The second kappa shape index (κ2) is 5.06. The van der Waals surface area contributed by atoms with Crippen LogP contribution in [0.2, 0.25) is 0 Å². The molecule has 1 aromatic carbocycles. The van der Waals surface area contributed by atoms with Crippen molar-refractivity contribution in [3.63, 3.8) is 0 Å². The minimum Gasteiger partial charge on any atom is -0.454 e. The Kier molecular flexibility index (Phi) is 3.71. The van der Waals surface area contributed by atoms with Crippen LogP contribution in [-0.4, -0.2) is 13.3 Å². The van der Waals surface area contributed by atoms with Gasteiger partial charge in [0.2, 0.25) is 6.79 Å². The molecule has 0 bridgehead atoms. The fourth-order valence-corrected chi connectivity index (χ4v) is 2.83. The number of hydrogen-bond acceptors (Lipinski definition) is 3. The van der Waals surface area contributed by atoms with E-state index in [-0.39, 0.29) is 0 Å². The first kappa shape index (κ1) is 11.7. The zero-order chi connectivity index (χ0) is 11.5. The van der Waals surface area contributed by atoms with Gasteiger partial charge < -0.3 is 15.2 Å². The molecule has 1 aliphatic heterocycles. The summed E-state index contributed by atoms with van der Waals surface area (Å²) in [6, 6.07) is 2.08. The third-order valence-corrected chi connectivity index (χ3v) is 3.64. The van der Waals surface area contributed by atoms with Crippen LogP contribution in [-0.2, 0) is 12.8 Å². The summed E-state index contributed by atoms with van der Waals surface area (Å²) in [5.74, 6) is 1.68. The third-order valence-electron chi connectivity index (χ3n) is 2.80. The van der Waals surface area contributed by atoms with E-state index in [1.807, 2.05) is 0 Å². The van der Waals surface area contributed by atoms with E-state index < -0.39 is 0 Å². The number of rotatable bonds is 4. The average molecular weight is 286 g/mol. The first-order chi connectivity index (χ1) is 7.77. The molecule has 0 unspecified atom stereocenters. The monoisotopic (exact) mass is 285 g/mol. The summed E-state index contributed by atoms with van der Waals surface area (Å²) >= 11 is 3.60. The van der Waals surface area contributed by atoms with E-state index in [1.165, 1.54) is 11.1 Å². The van der Waals surface area contributed by atoms with E-state index in [0.717, 1.165) is 41.8 Å². The van der Waals surface area contributed by atoms with Crippen LogP contribution < -0.4 is 15.2 Å². The van der Waals surface area contributed by atoms with Crippen LogP contribution >= 0.6 is 15.9 Å². The van der Waals surface area contributed by atoms with Gasteiger partial charge in [0, 0.05) is 0 Å². The van der Waals surface area contributed by atoms with Crippen molar-refractivity contribution in [2.24, 2.45) is 5.73 Å². The number of ether oxygens (including phenoxy) is 2. The lowest BCUT2D eigenvalue weighted by Crippen LogP contribution is -2.03. The van der Waals surface area contributed by atoms with Crippen molar-refractivity contribution in [3.8, 4) is 11.5 Å². The summed E-state index contributed by atoms with van der Waals surface area (Å²) in [6.45, 7) is 3.18. The van der Waals surface area contributed by atoms with Crippen molar-refractivity contribution in [2.75, 3.05) is 13.3 Å². The Morgan fingerprint density at radius 1 is 1.44 bits per heavy atom. The highest BCUT2D eigenvalue weighted by atomic mass is 79.9. The van der Waals surface area contributed by atoms with Gasteiger partial charge in [0.05, 0.1) is 4.47 Å². The van der Waals surface area contributed by atoms with Crippen molar-refractivity contribution in [1.82, 2.24) is 0 Å². The molecule has 2 N–H and O–H groups in total. The van der Waals surface area contributed by atoms with Gasteiger partial charge in [0.1, 0.15) is 0 Å². The molecular weight excluding hydrogens is 270 g/mol. The van der Waals surface area contributed by atoms with Gasteiger partial charge in [-0.15, -0.1) is 0 Å². The molecular formula is C12H16BrNO2. The van der Waals surface area contributed by atoms with Crippen molar-refractivity contribution < 1.29 is 9.47 Å². The lowest BCUT2D eigenvalue weighted by Gasteiger charge is -2.12. The normalized spacial score (nSPS) is 13.2. The van der Waals surface area contributed by atoms with Crippen LogP contribution in [0.3, 0.4) is 0 Å². The van der Waals surface area contributed by atoms with Crippen molar-refractivity contribution in [1.29, 1.82) is 0 Å². The van der Waals surface area contributed by atoms with Gasteiger partial charge in [-0.05, 0) is 58.9 Å². The molecule has 4 heteroatoms. The first-order valence-corrected chi connectivity index (χ1v) is 6.37. The summed E-state index contributed by atoms with van der Waals surface area (Å²) in [4.78, 5) is 0. The topological polar surface area (TPSA) is 44.5 Å². The van der Waals surface area contributed by atoms with Crippen molar-refractivity contribution in [2.45, 2.75) is 26.2 Å². The van der Waals surface area contributed by atoms with Gasteiger partial charge in [-0.2, -0.15) is 0 Å². The molecule has 0 fully saturated rings. The minimum atomic E-state index is 0.317. The zero-order valence-electron chi connectivity index (χ0n) is 9.38. The molecule has 0 atom stereocenters. The molecule has 0 saturated heterocycles. The first-order valence-electron chi connectivity index (χ1n) is 5.57. The molecule has 0 saturated carbocycles. The molecule has 1 aliphatic rings. The van der Waals surface area contributed by atoms with Gasteiger partial charge in [-0.25, -0.2) is 0 Å². The summed E-state index contributed by atoms with van der Waals surface area (Å²) in [7, 11) is 0. The second-order valence-corrected chi connectivity index (χ2v) is 4.60. The van der Waals surface area contributed by atoms with E-state index in [1.54, 1.807) is 0 Å². The number of hydrogen-bond donors (Lipinski definition) is 1. The van der Waals surface area contributed by atoms with Crippen LogP contribution in [0, 0.1) is 0 Å². The number of aryl methyl sites for hydroxylation is 1. The average Bonchev–Trinajstić information content (AvgIpc) is 2.75. The molecule has 0 aromatic heterocycles. The fourth-order valence-electron chi connectivity index (χ4n) is 1.99. The largest absolute Gasteiger partial charge is 0.454 e. The molecule has 0 spiro atoms. The lowest BCUT2D eigenvalue weighted by atomic mass is 10.00. The Bertz CT molecular complexity index is 393. The quantitative estimate of drug-likeness (QED) is 0.925. The maximum Gasteiger partial charge on any atom is 0.231 e. The fraction of sp³-hybridized carbons (Fsp3) is 0.500.